The van der Waals surface area contributed by atoms with Crippen LogP contribution in [-0.4, -0.2) is 17.2 Å². The highest BCUT2D eigenvalue weighted by Gasteiger charge is 2.14. The molecule has 3 nitrogen and oxygen atoms in total. The van der Waals surface area contributed by atoms with Crippen molar-refractivity contribution in [2.45, 2.75) is 20.5 Å². The third-order valence-corrected chi connectivity index (χ3v) is 3.22. The van der Waals surface area contributed by atoms with Gasteiger partial charge in [0.1, 0.15) is 18.2 Å². The number of hydrogen-bond donors (Lipinski definition) is 2. The average molecular weight is 274 g/mol. The summed E-state index contributed by atoms with van der Waals surface area (Å²) in [6.45, 7) is 3.95. The van der Waals surface area contributed by atoms with Crippen molar-refractivity contribution in [3.63, 3.8) is 0 Å². The summed E-state index contributed by atoms with van der Waals surface area (Å²) in [5, 5.41) is 18.3. The molecule has 0 atom stereocenters. The van der Waals surface area contributed by atoms with Gasteiger partial charge < -0.3 is 14.8 Å². The minimum absolute atomic E-state index is 0.261. The molecule has 104 valence electrons. The Hall–Kier alpha value is -1.85. The fourth-order valence-corrected chi connectivity index (χ4v) is 2.01. The van der Waals surface area contributed by atoms with E-state index in [9.17, 15) is 4.39 Å². The molecule has 0 saturated heterocycles. The van der Waals surface area contributed by atoms with E-state index in [0.717, 1.165) is 16.7 Å². The lowest BCUT2D eigenvalue weighted by Crippen LogP contribution is -2.31. The summed E-state index contributed by atoms with van der Waals surface area (Å²) in [5.74, 6) is 0.374. The van der Waals surface area contributed by atoms with Gasteiger partial charge in [0.25, 0.3) is 0 Å². The van der Waals surface area contributed by atoms with Gasteiger partial charge in [0.2, 0.25) is 0 Å². The van der Waals surface area contributed by atoms with Crippen LogP contribution in [0.15, 0.2) is 36.4 Å². The van der Waals surface area contributed by atoms with Crippen LogP contribution in [0.2, 0.25) is 0 Å². The summed E-state index contributed by atoms with van der Waals surface area (Å²) in [6.07, 6.45) is 0. The highest BCUT2D eigenvalue weighted by atomic mass is 19.1. The first-order valence-electron chi connectivity index (χ1n) is 6.32. The summed E-state index contributed by atoms with van der Waals surface area (Å²) in [5.41, 5.74) is 2.95. The number of ether oxygens (including phenoxy) is 1. The molecule has 20 heavy (non-hydrogen) atoms. The van der Waals surface area contributed by atoms with Crippen molar-refractivity contribution >= 4 is 12.6 Å². The lowest BCUT2D eigenvalue weighted by molar-refractivity contribution is 0.305. The molecule has 0 bridgehead atoms. The first-order chi connectivity index (χ1) is 9.47. The van der Waals surface area contributed by atoms with Crippen LogP contribution in [0.25, 0.3) is 0 Å². The number of hydrogen-bond acceptors (Lipinski definition) is 3. The third-order valence-electron chi connectivity index (χ3n) is 3.22. The van der Waals surface area contributed by atoms with Gasteiger partial charge in [-0.05, 0) is 60.3 Å². The molecule has 2 rings (SSSR count). The maximum atomic E-state index is 13.0. The van der Waals surface area contributed by atoms with Crippen molar-refractivity contribution in [1.82, 2.24) is 0 Å². The lowest BCUT2D eigenvalue weighted by atomic mass is 9.77. The van der Waals surface area contributed by atoms with E-state index in [0.29, 0.717) is 17.8 Å². The lowest BCUT2D eigenvalue weighted by Gasteiger charge is -2.11. The zero-order valence-corrected chi connectivity index (χ0v) is 11.4. The third kappa shape index (κ3) is 3.38. The van der Waals surface area contributed by atoms with E-state index in [-0.39, 0.29) is 5.82 Å². The van der Waals surface area contributed by atoms with Crippen LogP contribution in [0, 0.1) is 19.7 Å². The molecule has 0 aromatic heterocycles. The van der Waals surface area contributed by atoms with Crippen molar-refractivity contribution < 1.29 is 19.2 Å². The van der Waals surface area contributed by atoms with Gasteiger partial charge in [0, 0.05) is 0 Å². The van der Waals surface area contributed by atoms with Gasteiger partial charge in [-0.25, -0.2) is 4.39 Å². The van der Waals surface area contributed by atoms with Crippen molar-refractivity contribution in [3.8, 4) is 5.75 Å². The van der Waals surface area contributed by atoms with Gasteiger partial charge in [0.15, 0.2) is 0 Å². The van der Waals surface area contributed by atoms with E-state index in [1.165, 1.54) is 12.1 Å². The molecule has 0 radical (unpaired) electrons. The highest BCUT2D eigenvalue weighted by Crippen LogP contribution is 2.16. The Morgan fingerprint density at radius 1 is 1.05 bits per heavy atom. The van der Waals surface area contributed by atoms with Crippen LogP contribution in [0.5, 0.6) is 5.75 Å². The molecule has 0 unspecified atom stereocenters. The fraction of sp³-hybridized carbons (Fsp3) is 0.200. The van der Waals surface area contributed by atoms with Crippen LogP contribution in [0.3, 0.4) is 0 Å². The molecule has 0 aliphatic carbocycles. The number of aryl methyl sites for hydroxylation is 2. The largest absolute Gasteiger partial charge is 0.489 e. The Balaban J connectivity index is 2.09. The van der Waals surface area contributed by atoms with Gasteiger partial charge in [-0.15, -0.1) is 0 Å². The Labute approximate surface area is 117 Å². The van der Waals surface area contributed by atoms with Crippen LogP contribution >= 0.6 is 0 Å². The first kappa shape index (κ1) is 14.6. The fourth-order valence-electron chi connectivity index (χ4n) is 2.01. The highest BCUT2D eigenvalue weighted by molar-refractivity contribution is 6.59. The zero-order valence-electron chi connectivity index (χ0n) is 11.4. The maximum absolute atomic E-state index is 13.0. The maximum Gasteiger partial charge on any atom is 0.488 e. The Morgan fingerprint density at radius 3 is 2.40 bits per heavy atom. The van der Waals surface area contributed by atoms with Crippen molar-refractivity contribution in [2.24, 2.45) is 0 Å². The topological polar surface area (TPSA) is 49.7 Å². The predicted molar refractivity (Wildman–Crippen MR) is 76.5 cm³/mol. The molecule has 0 amide bonds. The molecule has 0 fully saturated rings. The first-order valence-corrected chi connectivity index (χ1v) is 6.32. The van der Waals surface area contributed by atoms with Gasteiger partial charge >= 0.3 is 7.12 Å². The zero-order chi connectivity index (χ0) is 14.7. The summed E-state index contributed by atoms with van der Waals surface area (Å²) < 4.78 is 18.6. The van der Waals surface area contributed by atoms with E-state index in [1.807, 2.05) is 6.92 Å². The van der Waals surface area contributed by atoms with Crippen molar-refractivity contribution in [2.75, 3.05) is 0 Å². The normalized spacial score (nSPS) is 10.4. The number of benzene rings is 2. The molecule has 0 aliphatic rings. The van der Waals surface area contributed by atoms with E-state index in [1.54, 1.807) is 31.2 Å². The molecule has 0 heterocycles. The standard InChI is InChI=1S/C15H16BFO3/c1-10-7-13(17)4-3-12(10)9-20-14-5-6-15(16(18)19)11(2)8-14/h3-8,18-19H,9H2,1-2H3. The molecule has 0 aliphatic heterocycles. The van der Waals surface area contributed by atoms with E-state index in [2.05, 4.69) is 0 Å². The second kappa shape index (κ2) is 6.07. The Morgan fingerprint density at radius 2 is 1.80 bits per heavy atom. The van der Waals surface area contributed by atoms with Gasteiger partial charge in [-0.3, -0.25) is 0 Å². The Kier molecular flexibility index (Phi) is 4.42. The molecular formula is C15H16BFO3. The van der Waals surface area contributed by atoms with Crippen molar-refractivity contribution in [3.05, 3.63) is 58.9 Å². The van der Waals surface area contributed by atoms with Crippen LogP contribution < -0.4 is 10.2 Å². The summed E-state index contributed by atoms with van der Waals surface area (Å²) in [7, 11) is -1.48. The molecule has 2 aromatic rings. The Bertz CT molecular complexity index is 614. The van der Waals surface area contributed by atoms with Crippen LogP contribution in [0.4, 0.5) is 4.39 Å². The summed E-state index contributed by atoms with van der Waals surface area (Å²) >= 11 is 0. The molecule has 0 saturated carbocycles. The smallest absolute Gasteiger partial charge is 0.488 e. The second-order valence-electron chi connectivity index (χ2n) is 4.75. The number of rotatable bonds is 4. The van der Waals surface area contributed by atoms with Crippen LogP contribution in [-0.2, 0) is 6.61 Å². The van der Waals surface area contributed by atoms with Crippen molar-refractivity contribution in [1.29, 1.82) is 0 Å². The minimum atomic E-state index is -1.48. The number of halogens is 1. The SMILES string of the molecule is Cc1cc(F)ccc1COc1ccc(B(O)O)c(C)c1. The van der Waals surface area contributed by atoms with Gasteiger partial charge in [-0.2, -0.15) is 0 Å². The molecule has 2 aromatic carbocycles. The average Bonchev–Trinajstić information content (AvgIpc) is 2.37. The monoisotopic (exact) mass is 274 g/mol. The second-order valence-corrected chi connectivity index (χ2v) is 4.75. The minimum Gasteiger partial charge on any atom is -0.489 e. The molecule has 2 N–H and O–H groups in total. The summed E-state index contributed by atoms with van der Waals surface area (Å²) in [6, 6.07) is 9.61. The van der Waals surface area contributed by atoms with Gasteiger partial charge in [0.05, 0.1) is 0 Å². The van der Waals surface area contributed by atoms with E-state index >= 15 is 0 Å². The van der Waals surface area contributed by atoms with Gasteiger partial charge in [-0.1, -0.05) is 12.1 Å². The predicted octanol–water partition coefficient (Wildman–Crippen LogP) is 1.70. The molecule has 5 heteroatoms. The quantitative estimate of drug-likeness (QED) is 0.834. The van der Waals surface area contributed by atoms with Crippen LogP contribution in [0.1, 0.15) is 16.7 Å². The molecule has 0 spiro atoms. The molecular weight excluding hydrogens is 258 g/mol. The van der Waals surface area contributed by atoms with E-state index < -0.39 is 7.12 Å². The van der Waals surface area contributed by atoms with E-state index in [4.69, 9.17) is 14.8 Å². The summed E-state index contributed by atoms with van der Waals surface area (Å²) in [4.78, 5) is 0.